The van der Waals surface area contributed by atoms with E-state index in [9.17, 15) is 0 Å². The van der Waals surface area contributed by atoms with E-state index < -0.39 is 0 Å². The molecule has 3 heteroatoms. The van der Waals surface area contributed by atoms with Gasteiger partial charge in [-0.3, -0.25) is 4.99 Å². The van der Waals surface area contributed by atoms with Crippen molar-refractivity contribution in [3.8, 4) is 0 Å². The van der Waals surface area contributed by atoms with E-state index in [4.69, 9.17) is 5.41 Å². The third-order valence-corrected chi connectivity index (χ3v) is 0.717. The third kappa shape index (κ3) is 1.73. The molecule has 1 N–H and O–H groups in total. The Balaban J connectivity index is 3.92. The molecule has 0 bridgehead atoms. The molecule has 0 aromatic heterocycles. The molecule has 0 aliphatic heterocycles. The van der Waals surface area contributed by atoms with Crippen LogP contribution in [-0.2, 0) is 4.74 Å². The van der Waals surface area contributed by atoms with Crippen molar-refractivity contribution >= 4 is 11.6 Å². The lowest BCUT2D eigenvalue weighted by Crippen LogP contribution is -2.10. The number of hydrogen-bond donors (Lipinski definition) is 1. The Kier molecular flexibility index (Phi) is 2.84. The van der Waals surface area contributed by atoms with E-state index in [2.05, 4.69) is 9.73 Å². The van der Waals surface area contributed by atoms with E-state index in [1.165, 1.54) is 7.11 Å². The Morgan fingerprint density at radius 1 is 1.62 bits per heavy atom. The van der Waals surface area contributed by atoms with E-state index in [1.807, 2.05) is 0 Å². The number of hydrogen-bond acceptors (Lipinski definition) is 3. The van der Waals surface area contributed by atoms with Gasteiger partial charge in [0, 0.05) is 7.05 Å². The van der Waals surface area contributed by atoms with E-state index >= 15 is 0 Å². The van der Waals surface area contributed by atoms with Crippen LogP contribution in [0.4, 0.5) is 0 Å². The Labute approximate surface area is 48.9 Å². The van der Waals surface area contributed by atoms with Gasteiger partial charge in [0.25, 0.3) is 0 Å². The van der Waals surface area contributed by atoms with Crippen LogP contribution in [-0.4, -0.2) is 25.8 Å². The molecule has 0 radical (unpaired) electrons. The first-order chi connectivity index (χ1) is 3.72. The SMILES string of the molecule is CN=C(OC)C(C)=N. The standard InChI is InChI=1S/C5H10N2O/c1-4(6)5(7-2)8-3/h6H,1-3H3. The zero-order chi connectivity index (χ0) is 6.57. The fourth-order valence-corrected chi connectivity index (χ4v) is 0.412. The highest BCUT2D eigenvalue weighted by Crippen LogP contribution is 1.79. The summed E-state index contributed by atoms with van der Waals surface area (Å²) in [5.41, 5.74) is 0.356. The maximum Gasteiger partial charge on any atom is 0.229 e. The highest BCUT2D eigenvalue weighted by Gasteiger charge is 1.95. The molecule has 0 amide bonds. The van der Waals surface area contributed by atoms with Gasteiger partial charge in [-0.2, -0.15) is 0 Å². The van der Waals surface area contributed by atoms with Gasteiger partial charge in [0.1, 0.15) is 0 Å². The number of ether oxygens (including phenoxy) is 1. The molecule has 0 fully saturated rings. The van der Waals surface area contributed by atoms with Gasteiger partial charge in [-0.1, -0.05) is 0 Å². The average Bonchev–Trinajstić information content (AvgIpc) is 1.69. The zero-order valence-corrected chi connectivity index (χ0v) is 5.36. The molecule has 0 aromatic rings. The first-order valence-electron chi connectivity index (χ1n) is 2.28. The molecule has 0 unspecified atom stereocenters. The van der Waals surface area contributed by atoms with Gasteiger partial charge in [-0.15, -0.1) is 0 Å². The Morgan fingerprint density at radius 2 is 2.12 bits per heavy atom. The number of rotatable bonds is 1. The van der Waals surface area contributed by atoms with Crippen LogP contribution >= 0.6 is 0 Å². The maximum atomic E-state index is 7.00. The fourth-order valence-electron chi connectivity index (χ4n) is 0.412. The average molecular weight is 114 g/mol. The van der Waals surface area contributed by atoms with Gasteiger partial charge in [0.05, 0.1) is 12.8 Å². The Hall–Kier alpha value is -0.860. The van der Waals surface area contributed by atoms with Gasteiger partial charge in [0.15, 0.2) is 0 Å². The van der Waals surface area contributed by atoms with E-state index in [1.54, 1.807) is 14.0 Å². The number of nitrogens with one attached hydrogen (secondary N) is 1. The van der Waals surface area contributed by atoms with Crippen LogP contribution in [0.1, 0.15) is 6.92 Å². The van der Waals surface area contributed by atoms with Crippen molar-refractivity contribution in [1.29, 1.82) is 5.41 Å². The fraction of sp³-hybridized carbons (Fsp3) is 0.600. The topological polar surface area (TPSA) is 45.4 Å². The summed E-state index contributed by atoms with van der Waals surface area (Å²) in [4.78, 5) is 3.68. The van der Waals surface area contributed by atoms with Gasteiger partial charge < -0.3 is 10.1 Å². The summed E-state index contributed by atoms with van der Waals surface area (Å²) in [6, 6.07) is 0. The molecule has 0 aliphatic carbocycles. The molecule has 0 saturated carbocycles. The summed E-state index contributed by atoms with van der Waals surface area (Å²) in [6.07, 6.45) is 0. The summed E-state index contributed by atoms with van der Waals surface area (Å²) in [5, 5.41) is 7.00. The van der Waals surface area contributed by atoms with Crippen molar-refractivity contribution in [1.82, 2.24) is 0 Å². The smallest absolute Gasteiger partial charge is 0.229 e. The second-order valence-corrected chi connectivity index (χ2v) is 1.36. The molecule has 0 heterocycles. The van der Waals surface area contributed by atoms with Crippen LogP contribution in [0.5, 0.6) is 0 Å². The van der Waals surface area contributed by atoms with Crippen molar-refractivity contribution in [3.63, 3.8) is 0 Å². The van der Waals surface area contributed by atoms with Crippen molar-refractivity contribution in [3.05, 3.63) is 0 Å². The quantitative estimate of drug-likeness (QED) is 0.396. The molecular formula is C5H10N2O. The summed E-state index contributed by atoms with van der Waals surface area (Å²) in [6.45, 7) is 1.63. The monoisotopic (exact) mass is 114 g/mol. The molecular weight excluding hydrogens is 104 g/mol. The van der Waals surface area contributed by atoms with Crippen molar-refractivity contribution in [2.24, 2.45) is 4.99 Å². The van der Waals surface area contributed by atoms with Crippen LogP contribution < -0.4 is 0 Å². The number of aliphatic imine (C=N–C) groups is 1. The molecule has 0 saturated heterocycles. The minimum absolute atomic E-state index is 0.356. The highest BCUT2D eigenvalue weighted by molar-refractivity contribution is 6.36. The first-order valence-corrected chi connectivity index (χ1v) is 2.28. The van der Waals surface area contributed by atoms with Gasteiger partial charge in [-0.05, 0) is 6.92 Å². The lowest BCUT2D eigenvalue weighted by molar-refractivity contribution is 0.410. The minimum atomic E-state index is 0.356. The second-order valence-electron chi connectivity index (χ2n) is 1.36. The lowest BCUT2D eigenvalue weighted by Gasteiger charge is -1.97. The number of nitrogens with zero attached hydrogens (tertiary/aromatic N) is 1. The van der Waals surface area contributed by atoms with Crippen molar-refractivity contribution in [2.45, 2.75) is 6.92 Å². The molecule has 8 heavy (non-hydrogen) atoms. The summed E-state index contributed by atoms with van der Waals surface area (Å²) in [7, 11) is 3.09. The van der Waals surface area contributed by atoms with Crippen LogP contribution in [0.15, 0.2) is 4.99 Å². The Morgan fingerprint density at radius 3 is 2.12 bits per heavy atom. The van der Waals surface area contributed by atoms with Crippen LogP contribution in [0, 0.1) is 5.41 Å². The van der Waals surface area contributed by atoms with Gasteiger partial charge in [-0.25, -0.2) is 0 Å². The summed E-state index contributed by atoms with van der Waals surface area (Å²) < 4.78 is 4.69. The second kappa shape index (κ2) is 3.18. The highest BCUT2D eigenvalue weighted by atomic mass is 16.5. The molecule has 0 atom stereocenters. The maximum absolute atomic E-state index is 7.00. The normalized spacial score (nSPS) is 11.1. The van der Waals surface area contributed by atoms with Crippen LogP contribution in [0.2, 0.25) is 0 Å². The van der Waals surface area contributed by atoms with Crippen molar-refractivity contribution < 1.29 is 4.74 Å². The molecule has 0 rings (SSSR count). The first kappa shape index (κ1) is 7.14. The molecule has 3 nitrogen and oxygen atoms in total. The summed E-state index contributed by atoms with van der Waals surface area (Å²) in [5.74, 6) is 0.394. The molecule has 0 aliphatic rings. The van der Waals surface area contributed by atoms with Crippen LogP contribution in [0.3, 0.4) is 0 Å². The van der Waals surface area contributed by atoms with Gasteiger partial charge >= 0.3 is 0 Å². The third-order valence-electron chi connectivity index (χ3n) is 0.717. The predicted octanol–water partition coefficient (Wildman–Crippen LogP) is 0.701. The van der Waals surface area contributed by atoms with E-state index in [0.29, 0.717) is 11.6 Å². The Bertz CT molecular complexity index is 118. The largest absolute Gasteiger partial charge is 0.480 e. The zero-order valence-electron chi connectivity index (χ0n) is 5.36. The van der Waals surface area contributed by atoms with E-state index in [-0.39, 0.29) is 0 Å². The van der Waals surface area contributed by atoms with Crippen molar-refractivity contribution in [2.75, 3.05) is 14.2 Å². The number of methoxy groups -OCH3 is 1. The minimum Gasteiger partial charge on any atom is -0.480 e. The molecule has 0 aromatic carbocycles. The molecule has 46 valence electrons. The summed E-state index contributed by atoms with van der Waals surface area (Å²) >= 11 is 0. The molecule has 0 spiro atoms. The predicted molar refractivity (Wildman–Crippen MR) is 33.8 cm³/mol. The van der Waals surface area contributed by atoms with Gasteiger partial charge in [0.2, 0.25) is 5.90 Å². The lowest BCUT2D eigenvalue weighted by atomic mass is 10.4. The van der Waals surface area contributed by atoms with Crippen LogP contribution in [0.25, 0.3) is 0 Å². The van der Waals surface area contributed by atoms with E-state index in [0.717, 1.165) is 0 Å².